The lowest BCUT2D eigenvalue weighted by Crippen LogP contribution is -2.37. The van der Waals surface area contributed by atoms with E-state index in [-0.39, 0.29) is 6.10 Å². The third-order valence-corrected chi connectivity index (χ3v) is 5.05. The minimum absolute atomic E-state index is 0.218. The highest BCUT2D eigenvalue weighted by atomic mass is 79.9. The summed E-state index contributed by atoms with van der Waals surface area (Å²) in [7, 11) is 0. The minimum atomic E-state index is -0.218. The molecular formula is C16H18BrClN2O. The lowest BCUT2D eigenvalue weighted by atomic mass is 9.92. The van der Waals surface area contributed by atoms with Crippen LogP contribution in [0.15, 0.2) is 28.9 Å². The average Bonchev–Trinajstić information content (AvgIpc) is 2.46. The molecule has 2 heterocycles. The Balaban J connectivity index is 1.95. The minimum Gasteiger partial charge on any atom is -0.393 e. The maximum atomic E-state index is 9.73. The van der Waals surface area contributed by atoms with Crippen molar-refractivity contribution in [2.24, 2.45) is 5.92 Å². The molecular weight excluding hydrogens is 352 g/mol. The first-order chi connectivity index (χ1) is 10.1. The van der Waals surface area contributed by atoms with Gasteiger partial charge in [-0.05, 0) is 43.9 Å². The Labute approximate surface area is 138 Å². The van der Waals surface area contributed by atoms with Gasteiger partial charge in [0.25, 0.3) is 0 Å². The molecule has 0 amide bonds. The molecule has 3 rings (SSSR count). The predicted molar refractivity (Wildman–Crippen MR) is 91.1 cm³/mol. The highest BCUT2D eigenvalue weighted by Gasteiger charge is 2.24. The van der Waals surface area contributed by atoms with Crippen LogP contribution in [-0.2, 0) is 0 Å². The summed E-state index contributed by atoms with van der Waals surface area (Å²) in [5.74, 6) is 0.407. The molecule has 1 saturated heterocycles. The molecule has 0 spiro atoms. The van der Waals surface area contributed by atoms with Crippen LogP contribution in [-0.4, -0.2) is 29.3 Å². The van der Waals surface area contributed by atoms with Crippen LogP contribution in [0.4, 0.5) is 5.69 Å². The van der Waals surface area contributed by atoms with Crippen molar-refractivity contribution in [3.8, 4) is 0 Å². The lowest BCUT2D eigenvalue weighted by molar-refractivity contribution is 0.110. The zero-order chi connectivity index (χ0) is 15.0. The van der Waals surface area contributed by atoms with Gasteiger partial charge in [0.2, 0.25) is 0 Å². The Kier molecular flexibility index (Phi) is 4.38. The van der Waals surface area contributed by atoms with Gasteiger partial charge in [0.1, 0.15) is 0 Å². The van der Waals surface area contributed by atoms with Gasteiger partial charge in [0.05, 0.1) is 16.6 Å². The van der Waals surface area contributed by atoms with Gasteiger partial charge in [-0.15, -0.1) is 0 Å². The summed E-state index contributed by atoms with van der Waals surface area (Å²) in [4.78, 5) is 6.77. The second-order valence-corrected chi connectivity index (χ2v) is 7.00. The molecule has 0 aliphatic carbocycles. The SMILES string of the molecule is CC(O)C1CCN(c2ccnc3c(Cl)cc(Br)cc23)CC1. The first-order valence-corrected chi connectivity index (χ1v) is 8.40. The quantitative estimate of drug-likeness (QED) is 0.860. The van der Waals surface area contributed by atoms with E-state index in [9.17, 15) is 5.11 Å². The standard InChI is InChI=1S/C16H18BrClN2O/c1-10(21)11-3-6-20(7-4-11)15-2-5-19-16-13(15)8-12(17)9-14(16)18/h2,5,8-11,21H,3-4,6-7H2,1H3. The average molecular weight is 370 g/mol. The van der Waals surface area contributed by atoms with E-state index in [4.69, 9.17) is 11.6 Å². The molecule has 21 heavy (non-hydrogen) atoms. The molecule has 1 atom stereocenters. The first-order valence-electron chi connectivity index (χ1n) is 7.23. The van der Waals surface area contributed by atoms with E-state index in [0.717, 1.165) is 41.3 Å². The molecule has 1 aromatic carbocycles. The Morgan fingerprint density at radius 3 is 2.76 bits per heavy atom. The van der Waals surface area contributed by atoms with Crippen molar-refractivity contribution < 1.29 is 5.11 Å². The first kappa shape index (κ1) is 15.1. The fourth-order valence-electron chi connectivity index (χ4n) is 3.06. The van der Waals surface area contributed by atoms with Crippen LogP contribution in [0.5, 0.6) is 0 Å². The molecule has 0 saturated carbocycles. The molecule has 2 aromatic rings. The summed E-state index contributed by atoms with van der Waals surface area (Å²) in [5, 5.41) is 11.5. The van der Waals surface area contributed by atoms with Gasteiger partial charge in [-0.3, -0.25) is 4.98 Å². The van der Waals surface area contributed by atoms with Crippen molar-refractivity contribution in [1.29, 1.82) is 0 Å². The number of aromatic nitrogens is 1. The molecule has 1 unspecified atom stereocenters. The van der Waals surface area contributed by atoms with Gasteiger partial charge in [0, 0.05) is 34.8 Å². The van der Waals surface area contributed by atoms with Crippen molar-refractivity contribution in [2.75, 3.05) is 18.0 Å². The largest absolute Gasteiger partial charge is 0.393 e. The van der Waals surface area contributed by atoms with Crippen molar-refractivity contribution in [3.05, 3.63) is 33.9 Å². The Morgan fingerprint density at radius 2 is 2.10 bits per heavy atom. The Hall–Kier alpha value is -0.840. The Morgan fingerprint density at radius 1 is 1.38 bits per heavy atom. The van der Waals surface area contributed by atoms with Crippen LogP contribution in [0.3, 0.4) is 0 Å². The van der Waals surface area contributed by atoms with Crippen molar-refractivity contribution in [1.82, 2.24) is 4.98 Å². The molecule has 3 nitrogen and oxygen atoms in total. The zero-order valence-electron chi connectivity index (χ0n) is 11.9. The van der Waals surface area contributed by atoms with E-state index in [1.807, 2.05) is 25.3 Å². The summed E-state index contributed by atoms with van der Waals surface area (Å²) in [6.07, 6.45) is 3.63. The van der Waals surface area contributed by atoms with Crippen LogP contribution < -0.4 is 4.90 Å². The fraction of sp³-hybridized carbons (Fsp3) is 0.438. The van der Waals surface area contributed by atoms with Gasteiger partial charge in [-0.2, -0.15) is 0 Å². The zero-order valence-corrected chi connectivity index (χ0v) is 14.2. The molecule has 1 aliphatic rings. The number of aliphatic hydroxyl groups is 1. The molecule has 5 heteroatoms. The van der Waals surface area contributed by atoms with Crippen molar-refractivity contribution >= 4 is 44.1 Å². The van der Waals surface area contributed by atoms with Crippen molar-refractivity contribution in [3.63, 3.8) is 0 Å². The number of hydrogen-bond acceptors (Lipinski definition) is 3. The highest BCUT2D eigenvalue weighted by molar-refractivity contribution is 9.10. The second-order valence-electron chi connectivity index (χ2n) is 5.68. The van der Waals surface area contributed by atoms with E-state index >= 15 is 0 Å². The number of piperidine rings is 1. The van der Waals surface area contributed by atoms with E-state index in [0.29, 0.717) is 10.9 Å². The van der Waals surface area contributed by atoms with Gasteiger partial charge < -0.3 is 10.0 Å². The normalized spacial score (nSPS) is 18.2. The number of halogens is 2. The van der Waals surface area contributed by atoms with Gasteiger partial charge in [-0.25, -0.2) is 0 Å². The smallest absolute Gasteiger partial charge is 0.0909 e. The third kappa shape index (κ3) is 3.03. The number of benzene rings is 1. The van der Waals surface area contributed by atoms with E-state index < -0.39 is 0 Å². The molecule has 1 aromatic heterocycles. The van der Waals surface area contributed by atoms with Crippen LogP contribution in [0.2, 0.25) is 5.02 Å². The maximum Gasteiger partial charge on any atom is 0.0909 e. The van der Waals surface area contributed by atoms with Crippen LogP contribution in [0.1, 0.15) is 19.8 Å². The topological polar surface area (TPSA) is 36.4 Å². The molecule has 0 radical (unpaired) electrons. The summed E-state index contributed by atoms with van der Waals surface area (Å²) in [6, 6.07) is 6.00. The molecule has 0 bridgehead atoms. The molecule has 1 aliphatic heterocycles. The van der Waals surface area contributed by atoms with Crippen LogP contribution >= 0.6 is 27.5 Å². The van der Waals surface area contributed by atoms with E-state index in [1.165, 1.54) is 5.69 Å². The number of hydrogen-bond donors (Lipinski definition) is 1. The lowest BCUT2D eigenvalue weighted by Gasteiger charge is -2.35. The Bertz CT molecular complexity index is 654. The fourth-order valence-corrected chi connectivity index (χ4v) is 3.92. The second kappa shape index (κ2) is 6.11. The third-order valence-electron chi connectivity index (χ3n) is 4.30. The predicted octanol–water partition coefficient (Wildman–Crippen LogP) is 4.25. The molecule has 1 fully saturated rings. The van der Waals surface area contributed by atoms with Gasteiger partial charge in [-0.1, -0.05) is 27.5 Å². The molecule has 112 valence electrons. The van der Waals surface area contributed by atoms with Gasteiger partial charge in [0.15, 0.2) is 0 Å². The summed E-state index contributed by atoms with van der Waals surface area (Å²) < 4.78 is 0.966. The van der Waals surface area contributed by atoms with Crippen LogP contribution in [0, 0.1) is 5.92 Å². The number of nitrogens with zero attached hydrogens (tertiary/aromatic N) is 2. The van der Waals surface area contributed by atoms with Gasteiger partial charge >= 0.3 is 0 Å². The number of aliphatic hydroxyl groups excluding tert-OH is 1. The maximum absolute atomic E-state index is 9.73. The number of anilines is 1. The number of pyridine rings is 1. The summed E-state index contributed by atoms with van der Waals surface area (Å²) in [5.41, 5.74) is 2.02. The van der Waals surface area contributed by atoms with Crippen LogP contribution in [0.25, 0.3) is 10.9 Å². The van der Waals surface area contributed by atoms with E-state index in [2.05, 4.69) is 31.9 Å². The number of fused-ring (bicyclic) bond motifs is 1. The monoisotopic (exact) mass is 368 g/mol. The summed E-state index contributed by atoms with van der Waals surface area (Å²) in [6.45, 7) is 3.80. The van der Waals surface area contributed by atoms with E-state index in [1.54, 1.807) is 0 Å². The molecule has 1 N–H and O–H groups in total. The van der Waals surface area contributed by atoms with Crippen molar-refractivity contribution in [2.45, 2.75) is 25.9 Å². The highest BCUT2D eigenvalue weighted by Crippen LogP contribution is 2.34. The summed E-state index contributed by atoms with van der Waals surface area (Å²) >= 11 is 9.80. The number of rotatable bonds is 2.